The molecule has 0 aliphatic heterocycles. The third kappa shape index (κ3) is 5.56. The highest BCUT2D eigenvalue weighted by molar-refractivity contribution is 7.89. The number of carbonyl (C=O) groups excluding carboxylic acids is 1. The van der Waals surface area contributed by atoms with E-state index in [0.29, 0.717) is 17.5 Å². The van der Waals surface area contributed by atoms with Crippen LogP contribution in [0.1, 0.15) is 10.4 Å². The van der Waals surface area contributed by atoms with Gasteiger partial charge in [-0.05, 0) is 42.5 Å². The van der Waals surface area contributed by atoms with E-state index in [4.69, 9.17) is 0 Å². The topological polar surface area (TPSA) is 118 Å². The molecule has 0 radical (unpaired) electrons. The smallest absolute Gasteiger partial charge is 0.266 e. The van der Waals surface area contributed by atoms with Gasteiger partial charge in [-0.3, -0.25) is 10.2 Å². The summed E-state index contributed by atoms with van der Waals surface area (Å²) in [5.41, 5.74) is 4.79. The van der Waals surface area contributed by atoms with Crippen LogP contribution in [0.15, 0.2) is 120 Å². The zero-order valence-corrected chi connectivity index (χ0v) is 20.3. The lowest BCUT2D eigenvalue weighted by atomic mass is 10.2. The van der Waals surface area contributed by atoms with Gasteiger partial charge in [0.2, 0.25) is 5.95 Å². The summed E-state index contributed by atoms with van der Waals surface area (Å²) in [6.07, 6.45) is 0. The van der Waals surface area contributed by atoms with Crippen LogP contribution in [0.5, 0.6) is 0 Å². The molecule has 0 fully saturated rings. The number of benzene rings is 4. The number of hydrogen-bond acceptors (Lipinski definition) is 6. The largest absolute Gasteiger partial charge is 0.323 e. The Hall–Kier alpha value is -4.80. The number of sulfonamides is 1. The van der Waals surface area contributed by atoms with Gasteiger partial charge in [0.1, 0.15) is 0 Å². The van der Waals surface area contributed by atoms with Crippen LogP contribution in [0.4, 0.5) is 11.6 Å². The van der Waals surface area contributed by atoms with E-state index < -0.39 is 15.9 Å². The van der Waals surface area contributed by atoms with E-state index in [2.05, 4.69) is 25.7 Å². The van der Waals surface area contributed by atoms with Crippen LogP contribution in [0.3, 0.4) is 0 Å². The number of hydrazine groups is 1. The van der Waals surface area contributed by atoms with E-state index >= 15 is 0 Å². The molecule has 0 atom stereocenters. The summed E-state index contributed by atoms with van der Waals surface area (Å²) in [5, 5.41) is 7.77. The molecule has 9 nitrogen and oxygen atoms in total. The minimum atomic E-state index is -3.90. The molecule has 1 aromatic heterocycles. The molecule has 1 heterocycles. The molecule has 5 rings (SSSR count). The number of nitrogens with zero attached hydrogens (tertiary/aromatic N) is 3. The molecule has 3 N–H and O–H groups in total. The van der Waals surface area contributed by atoms with Crippen LogP contribution in [0.2, 0.25) is 0 Å². The van der Waals surface area contributed by atoms with Crippen LogP contribution >= 0.6 is 0 Å². The third-order valence-electron chi connectivity index (χ3n) is 5.37. The molecule has 10 heteroatoms. The number of amides is 1. The van der Waals surface area contributed by atoms with Gasteiger partial charge >= 0.3 is 0 Å². The van der Waals surface area contributed by atoms with Crippen molar-refractivity contribution in [1.29, 1.82) is 0 Å². The van der Waals surface area contributed by atoms with E-state index in [0.717, 1.165) is 11.3 Å². The van der Waals surface area contributed by atoms with Crippen molar-refractivity contribution in [2.45, 2.75) is 4.90 Å². The molecule has 184 valence electrons. The normalized spacial score (nSPS) is 11.1. The first kappa shape index (κ1) is 23.9. The molecule has 0 unspecified atom stereocenters. The first-order valence-electron chi connectivity index (χ1n) is 11.3. The Balaban J connectivity index is 1.36. The Morgan fingerprint density at radius 2 is 1.41 bits per heavy atom. The van der Waals surface area contributed by atoms with E-state index in [1.165, 1.54) is 12.1 Å². The summed E-state index contributed by atoms with van der Waals surface area (Å²) in [5.74, 6) is 0.375. The van der Waals surface area contributed by atoms with Crippen LogP contribution in [-0.2, 0) is 10.0 Å². The van der Waals surface area contributed by atoms with Crippen molar-refractivity contribution < 1.29 is 13.2 Å². The van der Waals surface area contributed by atoms with Crippen molar-refractivity contribution in [1.82, 2.24) is 25.0 Å². The Kier molecular flexibility index (Phi) is 6.75. The number of hydrogen-bond donors (Lipinski definition) is 3. The lowest BCUT2D eigenvalue weighted by Gasteiger charge is -2.09. The van der Waals surface area contributed by atoms with Gasteiger partial charge in [0.15, 0.2) is 5.82 Å². The molecule has 4 aromatic carbocycles. The van der Waals surface area contributed by atoms with Crippen molar-refractivity contribution >= 4 is 27.6 Å². The molecule has 0 saturated heterocycles. The summed E-state index contributed by atoms with van der Waals surface area (Å²) in [7, 11) is -3.90. The average molecular weight is 511 g/mol. The third-order valence-corrected chi connectivity index (χ3v) is 6.64. The van der Waals surface area contributed by atoms with Crippen molar-refractivity contribution in [3.63, 3.8) is 0 Å². The fraction of sp³-hybridized carbons (Fsp3) is 0. The quantitative estimate of drug-likeness (QED) is 0.268. The number of aromatic nitrogens is 3. The van der Waals surface area contributed by atoms with Gasteiger partial charge in [0, 0.05) is 16.8 Å². The van der Waals surface area contributed by atoms with Gasteiger partial charge in [-0.25, -0.2) is 13.1 Å². The first-order valence-corrected chi connectivity index (χ1v) is 12.8. The van der Waals surface area contributed by atoms with E-state index in [9.17, 15) is 13.2 Å². The molecular weight excluding hydrogens is 488 g/mol. The molecular formula is C27H22N6O3S. The summed E-state index contributed by atoms with van der Waals surface area (Å²) >= 11 is 0. The second kappa shape index (κ2) is 10.4. The second-order valence-electron chi connectivity index (χ2n) is 7.95. The van der Waals surface area contributed by atoms with E-state index in [1.807, 2.05) is 60.7 Å². The zero-order chi connectivity index (χ0) is 25.7. The predicted octanol–water partition coefficient (Wildman–Crippen LogP) is 4.30. The fourth-order valence-corrected chi connectivity index (χ4v) is 4.46. The average Bonchev–Trinajstić information content (AvgIpc) is 3.37. The van der Waals surface area contributed by atoms with E-state index in [1.54, 1.807) is 47.1 Å². The van der Waals surface area contributed by atoms with Crippen molar-refractivity contribution in [2.24, 2.45) is 0 Å². The minimum Gasteiger partial charge on any atom is -0.323 e. The maximum atomic E-state index is 12.7. The zero-order valence-electron chi connectivity index (χ0n) is 19.4. The molecule has 1 amide bonds. The number of carbonyl (C=O) groups is 1. The van der Waals surface area contributed by atoms with Crippen molar-refractivity contribution in [2.75, 3.05) is 5.32 Å². The molecule has 0 aliphatic carbocycles. The van der Waals surface area contributed by atoms with E-state index in [-0.39, 0.29) is 10.5 Å². The van der Waals surface area contributed by atoms with Gasteiger partial charge in [-0.1, -0.05) is 72.8 Å². The highest BCUT2D eigenvalue weighted by Crippen LogP contribution is 2.24. The summed E-state index contributed by atoms with van der Waals surface area (Å²) in [6.45, 7) is 0. The Labute approximate surface area is 213 Å². The van der Waals surface area contributed by atoms with Crippen molar-refractivity contribution in [3.05, 3.63) is 121 Å². The fourth-order valence-electron chi connectivity index (χ4n) is 3.60. The lowest BCUT2D eigenvalue weighted by Crippen LogP contribution is -2.41. The molecule has 0 saturated carbocycles. The summed E-state index contributed by atoms with van der Waals surface area (Å²) < 4.78 is 26.5. The Bertz CT molecular complexity index is 1570. The molecule has 5 aromatic rings. The van der Waals surface area contributed by atoms with Gasteiger partial charge in [0.25, 0.3) is 15.9 Å². The number of anilines is 2. The lowest BCUT2D eigenvalue weighted by molar-refractivity contribution is 0.0945. The van der Waals surface area contributed by atoms with Crippen molar-refractivity contribution in [3.8, 4) is 17.1 Å². The SMILES string of the molecule is O=C(NNS(=O)(=O)c1ccccc1)c1cccc(Nc2nc(-c3ccccc3)n(-c3ccccc3)n2)c1. The number of rotatable bonds is 8. The van der Waals surface area contributed by atoms with Crippen LogP contribution in [0, 0.1) is 0 Å². The standard InChI is InChI=1S/C27H22N6O3S/c34-26(30-32-37(35,36)24-17-8-3-9-18-24)21-13-10-14-22(19-21)28-27-29-25(20-11-4-1-5-12-20)33(31-27)23-15-6-2-7-16-23/h1-19,32H,(H,28,31)(H,30,34). The van der Waals surface area contributed by atoms with Gasteiger partial charge in [-0.2, -0.15) is 4.98 Å². The van der Waals surface area contributed by atoms with Crippen LogP contribution < -0.4 is 15.6 Å². The molecule has 37 heavy (non-hydrogen) atoms. The summed E-state index contributed by atoms with van der Waals surface area (Å²) in [4.78, 5) is 19.5. The highest BCUT2D eigenvalue weighted by Gasteiger charge is 2.17. The van der Waals surface area contributed by atoms with Crippen LogP contribution in [-0.4, -0.2) is 29.1 Å². The van der Waals surface area contributed by atoms with Crippen LogP contribution in [0.25, 0.3) is 17.1 Å². The Morgan fingerprint density at radius 1 is 0.757 bits per heavy atom. The molecule has 0 spiro atoms. The van der Waals surface area contributed by atoms with Gasteiger partial charge < -0.3 is 5.32 Å². The maximum Gasteiger partial charge on any atom is 0.266 e. The van der Waals surface area contributed by atoms with Gasteiger partial charge in [-0.15, -0.1) is 9.93 Å². The predicted molar refractivity (Wildman–Crippen MR) is 141 cm³/mol. The second-order valence-corrected chi connectivity index (χ2v) is 9.63. The highest BCUT2D eigenvalue weighted by atomic mass is 32.2. The summed E-state index contributed by atoms with van der Waals surface area (Å²) in [6, 6.07) is 33.7. The monoisotopic (exact) mass is 510 g/mol. The minimum absolute atomic E-state index is 0.0417. The maximum absolute atomic E-state index is 12.7. The Morgan fingerprint density at radius 3 is 2.11 bits per heavy atom. The van der Waals surface area contributed by atoms with Gasteiger partial charge in [0.05, 0.1) is 10.6 Å². The number of para-hydroxylation sites is 1. The molecule has 0 bridgehead atoms. The first-order chi connectivity index (χ1) is 18.0. The molecule has 0 aliphatic rings. The number of nitrogens with one attached hydrogen (secondary N) is 3.